The fourth-order valence-electron chi connectivity index (χ4n) is 2.23. The molecule has 1 aromatic heterocycles. The zero-order valence-electron chi connectivity index (χ0n) is 10.8. The lowest BCUT2D eigenvalue weighted by molar-refractivity contribution is 0.418. The van der Waals surface area contributed by atoms with Crippen LogP contribution in [0.5, 0.6) is 5.75 Å². The van der Waals surface area contributed by atoms with Crippen LogP contribution in [0.4, 0.5) is 8.78 Å². The average molecular weight is 355 g/mol. The van der Waals surface area contributed by atoms with Crippen LogP contribution < -0.4 is 10.4 Å². The highest BCUT2D eigenvalue weighted by Gasteiger charge is 2.15. The number of ether oxygens (including phenoxy) is 1. The maximum Gasteiger partial charge on any atom is 0.331 e. The summed E-state index contributed by atoms with van der Waals surface area (Å²) in [7, 11) is 1.47. The Kier molecular flexibility index (Phi) is 3.29. The number of hydrogen-bond acceptors (Lipinski definition) is 2. The van der Waals surface area contributed by atoms with E-state index in [1.165, 1.54) is 11.7 Å². The minimum Gasteiger partial charge on any atom is -0.494 e. The number of methoxy groups -OCH3 is 1. The topological polar surface area (TPSA) is 47.0 Å². The Bertz CT molecular complexity index is 882. The van der Waals surface area contributed by atoms with Crippen molar-refractivity contribution < 1.29 is 13.5 Å². The third kappa shape index (κ3) is 2.33. The lowest BCUT2D eigenvalue weighted by Gasteiger charge is -2.06. The van der Waals surface area contributed by atoms with Crippen LogP contribution in [0, 0.1) is 11.6 Å². The Hall–Kier alpha value is -2.15. The van der Waals surface area contributed by atoms with E-state index in [1.54, 1.807) is 12.1 Å². The highest BCUT2D eigenvalue weighted by Crippen LogP contribution is 2.29. The molecule has 7 heteroatoms. The van der Waals surface area contributed by atoms with Crippen LogP contribution in [0.2, 0.25) is 0 Å². The molecule has 3 rings (SSSR count). The number of nitrogens with zero attached hydrogens (tertiary/aromatic N) is 1. The average Bonchev–Trinajstić information content (AvgIpc) is 2.72. The maximum atomic E-state index is 13.4. The molecule has 1 heterocycles. The molecule has 108 valence electrons. The van der Waals surface area contributed by atoms with Crippen molar-refractivity contribution in [2.75, 3.05) is 7.11 Å². The van der Waals surface area contributed by atoms with Crippen molar-refractivity contribution in [3.05, 3.63) is 56.9 Å². The molecule has 2 aromatic carbocycles. The predicted octanol–water partition coefficient (Wildman–Crippen LogP) is 3.37. The number of rotatable bonds is 2. The summed E-state index contributed by atoms with van der Waals surface area (Å²) in [5.74, 6) is -1.06. The van der Waals surface area contributed by atoms with E-state index in [1.807, 2.05) is 0 Å². The minimum atomic E-state index is -0.756. The smallest absolute Gasteiger partial charge is 0.331 e. The van der Waals surface area contributed by atoms with Crippen LogP contribution in [-0.2, 0) is 0 Å². The van der Waals surface area contributed by atoms with Crippen LogP contribution in [0.1, 0.15) is 0 Å². The fourth-order valence-corrected chi connectivity index (χ4v) is 2.65. The number of halogens is 3. The van der Waals surface area contributed by atoms with Gasteiger partial charge in [0.05, 0.1) is 18.3 Å². The van der Waals surface area contributed by atoms with Gasteiger partial charge >= 0.3 is 5.69 Å². The van der Waals surface area contributed by atoms with Crippen LogP contribution in [0.25, 0.3) is 16.7 Å². The largest absolute Gasteiger partial charge is 0.494 e. The molecule has 0 saturated heterocycles. The van der Waals surface area contributed by atoms with Crippen LogP contribution >= 0.6 is 15.9 Å². The molecule has 0 fully saturated rings. The molecule has 0 aliphatic rings. The van der Waals surface area contributed by atoms with E-state index in [0.29, 0.717) is 21.3 Å². The number of aromatic amines is 1. The molecule has 4 nitrogen and oxygen atoms in total. The number of benzene rings is 2. The van der Waals surface area contributed by atoms with Gasteiger partial charge < -0.3 is 9.72 Å². The molecule has 0 aliphatic heterocycles. The first-order chi connectivity index (χ1) is 9.99. The van der Waals surface area contributed by atoms with Crippen molar-refractivity contribution in [2.45, 2.75) is 0 Å². The molecule has 0 unspecified atom stereocenters. The molecule has 21 heavy (non-hydrogen) atoms. The lowest BCUT2D eigenvalue weighted by Crippen LogP contribution is -2.14. The molecule has 0 radical (unpaired) electrons. The predicted molar refractivity (Wildman–Crippen MR) is 78.1 cm³/mol. The van der Waals surface area contributed by atoms with E-state index in [4.69, 9.17) is 4.74 Å². The van der Waals surface area contributed by atoms with Crippen molar-refractivity contribution in [1.82, 2.24) is 9.55 Å². The Balaban J connectivity index is 2.40. The normalized spacial score (nSPS) is 11.0. The zero-order chi connectivity index (χ0) is 15.1. The van der Waals surface area contributed by atoms with E-state index in [0.717, 1.165) is 18.2 Å². The van der Waals surface area contributed by atoms with Gasteiger partial charge in [-0.05, 0) is 24.3 Å². The van der Waals surface area contributed by atoms with Gasteiger partial charge in [-0.25, -0.2) is 13.6 Å². The van der Waals surface area contributed by atoms with Gasteiger partial charge in [0, 0.05) is 10.5 Å². The van der Waals surface area contributed by atoms with Crippen molar-refractivity contribution in [3.63, 3.8) is 0 Å². The van der Waals surface area contributed by atoms with Gasteiger partial charge in [-0.1, -0.05) is 15.9 Å². The summed E-state index contributed by atoms with van der Waals surface area (Å²) in [6.07, 6.45) is 0. The van der Waals surface area contributed by atoms with Gasteiger partial charge in [0.25, 0.3) is 0 Å². The third-order valence-electron chi connectivity index (χ3n) is 3.05. The Morgan fingerprint density at radius 3 is 2.43 bits per heavy atom. The third-order valence-corrected chi connectivity index (χ3v) is 3.51. The number of H-pyrrole nitrogens is 1. The maximum absolute atomic E-state index is 13.4. The van der Waals surface area contributed by atoms with Crippen LogP contribution in [0.15, 0.2) is 39.6 Å². The van der Waals surface area contributed by atoms with Gasteiger partial charge in [-0.2, -0.15) is 0 Å². The van der Waals surface area contributed by atoms with E-state index < -0.39 is 17.3 Å². The van der Waals surface area contributed by atoms with Crippen molar-refractivity contribution >= 4 is 27.0 Å². The minimum absolute atomic E-state index is 0.101. The summed E-state index contributed by atoms with van der Waals surface area (Å²) in [5, 5.41) is 0. The van der Waals surface area contributed by atoms with Gasteiger partial charge in [0.2, 0.25) is 0 Å². The Labute approximate surface area is 126 Å². The van der Waals surface area contributed by atoms with Gasteiger partial charge in [0.15, 0.2) is 0 Å². The first kappa shape index (κ1) is 13.8. The molecule has 1 N–H and O–H groups in total. The summed E-state index contributed by atoms with van der Waals surface area (Å²) >= 11 is 3.31. The lowest BCUT2D eigenvalue weighted by atomic mass is 10.2. The first-order valence-electron chi connectivity index (χ1n) is 5.94. The molecule has 0 spiro atoms. The van der Waals surface area contributed by atoms with E-state index in [2.05, 4.69) is 20.9 Å². The molecule has 0 saturated carbocycles. The number of aromatic nitrogens is 2. The molecule has 0 bridgehead atoms. The second-order valence-electron chi connectivity index (χ2n) is 4.40. The molecule has 0 atom stereocenters. The van der Waals surface area contributed by atoms with Crippen molar-refractivity contribution in [1.29, 1.82) is 0 Å². The van der Waals surface area contributed by atoms with E-state index >= 15 is 0 Å². The Morgan fingerprint density at radius 2 is 1.81 bits per heavy atom. The number of nitrogens with one attached hydrogen (secondary N) is 1. The number of fused-ring (bicyclic) bond motifs is 1. The van der Waals surface area contributed by atoms with Crippen molar-refractivity contribution in [3.8, 4) is 11.4 Å². The molecule has 0 aliphatic carbocycles. The molecular weight excluding hydrogens is 346 g/mol. The summed E-state index contributed by atoms with van der Waals surface area (Å²) < 4.78 is 33.8. The van der Waals surface area contributed by atoms with E-state index in [-0.39, 0.29) is 5.69 Å². The number of imidazole rings is 1. The van der Waals surface area contributed by atoms with Gasteiger partial charge in [-0.3, -0.25) is 4.57 Å². The highest BCUT2D eigenvalue weighted by molar-refractivity contribution is 9.10. The second kappa shape index (κ2) is 5.00. The van der Waals surface area contributed by atoms with Crippen LogP contribution in [-0.4, -0.2) is 16.7 Å². The summed E-state index contributed by atoms with van der Waals surface area (Å²) in [4.78, 5) is 14.8. The summed E-state index contributed by atoms with van der Waals surface area (Å²) in [6, 6.07) is 6.28. The summed E-state index contributed by atoms with van der Waals surface area (Å²) in [6.45, 7) is 0. The van der Waals surface area contributed by atoms with E-state index in [9.17, 15) is 13.6 Å². The SMILES string of the molecule is COc1cc(Br)cc2c1[nH]c(=O)n2-c1cc(F)cc(F)c1. The quantitative estimate of drug-likeness (QED) is 0.766. The second-order valence-corrected chi connectivity index (χ2v) is 5.31. The molecule has 0 amide bonds. The fraction of sp³-hybridized carbons (Fsp3) is 0.0714. The first-order valence-corrected chi connectivity index (χ1v) is 6.73. The highest BCUT2D eigenvalue weighted by atomic mass is 79.9. The molecule has 3 aromatic rings. The zero-order valence-corrected chi connectivity index (χ0v) is 12.4. The standard InChI is InChI=1S/C14H9BrF2N2O2/c1-21-12-3-7(15)2-11-13(12)18-14(20)19(11)10-5-8(16)4-9(17)6-10/h2-6H,1H3,(H,18,20). The van der Waals surface area contributed by atoms with Crippen molar-refractivity contribution in [2.24, 2.45) is 0 Å². The van der Waals surface area contributed by atoms with Gasteiger partial charge in [0.1, 0.15) is 22.9 Å². The van der Waals surface area contributed by atoms with Gasteiger partial charge in [-0.15, -0.1) is 0 Å². The Morgan fingerprint density at radius 1 is 1.14 bits per heavy atom. The number of hydrogen-bond donors (Lipinski definition) is 1. The summed E-state index contributed by atoms with van der Waals surface area (Å²) in [5.41, 5.74) is 0.502. The monoisotopic (exact) mass is 354 g/mol. The molecular formula is C14H9BrF2N2O2. The van der Waals surface area contributed by atoms with Crippen LogP contribution in [0.3, 0.4) is 0 Å².